The minimum Gasteiger partial charge on any atom is -0.477 e. The summed E-state index contributed by atoms with van der Waals surface area (Å²) in [7, 11) is 0. The topological polar surface area (TPSA) is 105 Å². The number of benzene rings is 2. The van der Waals surface area contributed by atoms with Gasteiger partial charge in [-0.1, -0.05) is 12.1 Å². The Bertz CT molecular complexity index is 802. The lowest BCUT2D eigenvalue weighted by molar-refractivity contribution is -0.385. The number of nitro benzene ring substituents is 1. The number of para-hydroxylation sites is 1. The average Bonchev–Trinajstić information content (AvgIpc) is 2.53. The molecular weight excluding hydrogens is 305 g/mol. The minimum absolute atomic E-state index is 0.262. The van der Waals surface area contributed by atoms with Gasteiger partial charge in [-0.15, -0.1) is 0 Å². The van der Waals surface area contributed by atoms with E-state index in [9.17, 15) is 19.3 Å². The fourth-order valence-corrected chi connectivity index (χ4v) is 1.77. The molecule has 0 bridgehead atoms. The summed E-state index contributed by atoms with van der Waals surface area (Å²) in [6.45, 7) is -0.565. The van der Waals surface area contributed by atoms with Crippen LogP contribution in [-0.2, 0) is 4.79 Å². The smallest absolute Gasteiger partial charge is 0.311 e. The van der Waals surface area contributed by atoms with Crippen LogP contribution >= 0.6 is 0 Å². The van der Waals surface area contributed by atoms with Crippen molar-refractivity contribution >= 4 is 17.3 Å². The number of nitriles is 1. The number of nitro groups is 1. The van der Waals surface area contributed by atoms with Crippen molar-refractivity contribution in [1.29, 1.82) is 5.26 Å². The molecule has 0 saturated carbocycles. The van der Waals surface area contributed by atoms with E-state index in [2.05, 4.69) is 5.32 Å². The van der Waals surface area contributed by atoms with Gasteiger partial charge in [0.25, 0.3) is 5.91 Å². The van der Waals surface area contributed by atoms with Crippen LogP contribution in [0.1, 0.15) is 5.56 Å². The third-order valence-electron chi connectivity index (χ3n) is 2.80. The monoisotopic (exact) mass is 315 g/mol. The Hall–Kier alpha value is -3.47. The molecule has 1 amide bonds. The molecule has 2 aromatic rings. The Balaban J connectivity index is 2.07. The maximum atomic E-state index is 13.1. The fraction of sp³-hybridized carbons (Fsp3) is 0.0667. The van der Waals surface area contributed by atoms with Gasteiger partial charge in [-0.05, 0) is 18.2 Å². The second-order valence-corrected chi connectivity index (χ2v) is 4.36. The van der Waals surface area contributed by atoms with E-state index >= 15 is 0 Å². The molecule has 2 rings (SSSR count). The minimum atomic E-state index is -0.738. The number of carbonyl (C=O) groups is 1. The molecule has 0 atom stereocenters. The van der Waals surface area contributed by atoms with E-state index < -0.39 is 28.9 Å². The van der Waals surface area contributed by atoms with Crippen LogP contribution in [-0.4, -0.2) is 17.4 Å². The van der Waals surface area contributed by atoms with Gasteiger partial charge < -0.3 is 10.1 Å². The molecule has 0 saturated heterocycles. The molecule has 0 aliphatic heterocycles. The zero-order valence-electron chi connectivity index (χ0n) is 11.7. The largest absolute Gasteiger partial charge is 0.477 e. The van der Waals surface area contributed by atoms with E-state index in [4.69, 9.17) is 10.00 Å². The Morgan fingerprint density at radius 1 is 1.35 bits per heavy atom. The standard InChI is InChI=1S/C15H10FN3O4/c16-11-5-6-13(19(21)22)14(7-11)23-9-15(20)18-12-4-2-1-3-10(12)8-17/h1-7H,9H2,(H,18,20). The predicted molar refractivity (Wildman–Crippen MR) is 78.3 cm³/mol. The lowest BCUT2D eigenvalue weighted by Gasteiger charge is -2.09. The van der Waals surface area contributed by atoms with Crippen LogP contribution in [0.25, 0.3) is 0 Å². The number of hydrogen-bond donors (Lipinski definition) is 1. The number of halogens is 1. The average molecular weight is 315 g/mol. The van der Waals surface area contributed by atoms with Crippen molar-refractivity contribution in [2.24, 2.45) is 0 Å². The third-order valence-corrected chi connectivity index (χ3v) is 2.80. The van der Waals surface area contributed by atoms with Gasteiger partial charge in [-0.2, -0.15) is 5.26 Å². The van der Waals surface area contributed by atoms with Crippen molar-refractivity contribution in [3.8, 4) is 11.8 Å². The molecule has 0 aliphatic carbocycles. The number of rotatable bonds is 5. The predicted octanol–water partition coefficient (Wildman–Crippen LogP) is 2.62. The van der Waals surface area contributed by atoms with Crippen LogP contribution in [0.15, 0.2) is 42.5 Å². The first-order chi connectivity index (χ1) is 11.0. The van der Waals surface area contributed by atoms with Gasteiger partial charge >= 0.3 is 5.69 Å². The highest BCUT2D eigenvalue weighted by atomic mass is 19.1. The first-order valence-electron chi connectivity index (χ1n) is 6.37. The normalized spacial score (nSPS) is 9.74. The van der Waals surface area contributed by atoms with Crippen molar-refractivity contribution in [2.45, 2.75) is 0 Å². The summed E-state index contributed by atoms with van der Waals surface area (Å²) in [6.07, 6.45) is 0. The lowest BCUT2D eigenvalue weighted by atomic mass is 10.2. The van der Waals surface area contributed by atoms with Crippen LogP contribution in [0, 0.1) is 27.3 Å². The van der Waals surface area contributed by atoms with Gasteiger partial charge in [0.15, 0.2) is 6.61 Å². The maximum absolute atomic E-state index is 13.1. The van der Waals surface area contributed by atoms with E-state index in [1.54, 1.807) is 12.1 Å². The highest BCUT2D eigenvalue weighted by Gasteiger charge is 2.17. The van der Waals surface area contributed by atoms with Crippen LogP contribution in [0.3, 0.4) is 0 Å². The van der Waals surface area contributed by atoms with Crippen molar-refractivity contribution in [1.82, 2.24) is 0 Å². The first kappa shape index (κ1) is 15.9. The number of carbonyl (C=O) groups excluding carboxylic acids is 1. The Morgan fingerprint density at radius 2 is 2.09 bits per heavy atom. The molecule has 0 radical (unpaired) electrons. The van der Waals surface area contributed by atoms with Crippen LogP contribution in [0.4, 0.5) is 15.8 Å². The number of nitrogens with zero attached hydrogens (tertiary/aromatic N) is 2. The second-order valence-electron chi connectivity index (χ2n) is 4.36. The lowest BCUT2D eigenvalue weighted by Crippen LogP contribution is -2.21. The summed E-state index contributed by atoms with van der Waals surface area (Å²) < 4.78 is 18.2. The molecule has 0 spiro atoms. The number of anilines is 1. The van der Waals surface area contributed by atoms with Crippen molar-refractivity contribution in [3.63, 3.8) is 0 Å². The first-order valence-corrected chi connectivity index (χ1v) is 6.37. The summed E-state index contributed by atoms with van der Waals surface area (Å²) >= 11 is 0. The van der Waals surface area contributed by atoms with Crippen LogP contribution in [0.5, 0.6) is 5.75 Å². The van der Waals surface area contributed by atoms with Gasteiger partial charge in [-0.3, -0.25) is 14.9 Å². The van der Waals surface area contributed by atoms with Crippen molar-refractivity contribution in [3.05, 3.63) is 64.0 Å². The molecule has 0 heterocycles. The van der Waals surface area contributed by atoms with E-state index in [0.29, 0.717) is 0 Å². The quantitative estimate of drug-likeness (QED) is 0.674. The molecule has 116 valence electrons. The molecule has 0 unspecified atom stereocenters. The Morgan fingerprint density at radius 3 is 2.78 bits per heavy atom. The molecule has 8 heteroatoms. The zero-order chi connectivity index (χ0) is 16.8. The Kier molecular flexibility index (Phi) is 4.84. The van der Waals surface area contributed by atoms with Gasteiger partial charge in [0.2, 0.25) is 5.75 Å². The van der Waals surface area contributed by atoms with Crippen molar-refractivity contribution < 1.29 is 18.8 Å². The van der Waals surface area contributed by atoms with Gasteiger partial charge in [0, 0.05) is 12.1 Å². The number of nitrogens with one attached hydrogen (secondary N) is 1. The van der Waals surface area contributed by atoms with Gasteiger partial charge in [0.05, 0.1) is 16.2 Å². The molecule has 0 aromatic heterocycles. The number of ether oxygens (including phenoxy) is 1. The fourth-order valence-electron chi connectivity index (χ4n) is 1.77. The molecule has 7 nitrogen and oxygen atoms in total. The number of amides is 1. The molecule has 0 aliphatic rings. The summed E-state index contributed by atoms with van der Waals surface area (Å²) in [4.78, 5) is 21.9. The van der Waals surface area contributed by atoms with Gasteiger partial charge in [-0.25, -0.2) is 4.39 Å². The molecule has 2 aromatic carbocycles. The third kappa shape index (κ3) is 4.01. The molecule has 1 N–H and O–H groups in total. The zero-order valence-corrected chi connectivity index (χ0v) is 11.7. The SMILES string of the molecule is N#Cc1ccccc1NC(=O)COc1cc(F)ccc1[N+](=O)[O-]. The summed E-state index contributed by atoms with van der Waals surface area (Å²) in [6, 6.07) is 10.9. The Labute approximate surface area is 130 Å². The highest BCUT2D eigenvalue weighted by molar-refractivity contribution is 5.93. The van der Waals surface area contributed by atoms with Crippen LogP contribution < -0.4 is 10.1 Å². The van der Waals surface area contributed by atoms with Crippen LogP contribution in [0.2, 0.25) is 0 Å². The summed E-state index contributed by atoms with van der Waals surface area (Å²) in [5.74, 6) is -1.70. The molecule has 23 heavy (non-hydrogen) atoms. The maximum Gasteiger partial charge on any atom is 0.311 e. The molecular formula is C15H10FN3O4. The van der Waals surface area contributed by atoms with E-state index in [1.165, 1.54) is 12.1 Å². The van der Waals surface area contributed by atoms with Crippen molar-refractivity contribution in [2.75, 3.05) is 11.9 Å². The number of hydrogen-bond acceptors (Lipinski definition) is 5. The summed E-state index contributed by atoms with van der Waals surface area (Å²) in [5, 5.41) is 22.2. The summed E-state index contributed by atoms with van der Waals surface area (Å²) in [5.41, 5.74) is 0.103. The van der Waals surface area contributed by atoms with E-state index in [0.717, 1.165) is 18.2 Å². The van der Waals surface area contributed by atoms with E-state index in [-0.39, 0.29) is 17.0 Å². The van der Waals surface area contributed by atoms with E-state index in [1.807, 2.05) is 6.07 Å². The second kappa shape index (κ2) is 7.00. The highest BCUT2D eigenvalue weighted by Crippen LogP contribution is 2.27. The van der Waals surface area contributed by atoms with Gasteiger partial charge in [0.1, 0.15) is 11.9 Å². The molecule has 0 fully saturated rings.